The van der Waals surface area contributed by atoms with Crippen molar-refractivity contribution in [3.05, 3.63) is 18.5 Å². The van der Waals surface area contributed by atoms with Crippen LogP contribution in [-0.2, 0) is 9.59 Å². The number of carbonyl (C=O) groups is 2. The zero-order valence-corrected chi connectivity index (χ0v) is 12.1. The summed E-state index contributed by atoms with van der Waals surface area (Å²) in [7, 11) is 1.78. The van der Waals surface area contributed by atoms with Gasteiger partial charge in [-0.15, -0.1) is 0 Å². The maximum Gasteiger partial charge on any atom is 0.303 e. The van der Waals surface area contributed by atoms with Crippen LogP contribution in [0.3, 0.4) is 0 Å². The second kappa shape index (κ2) is 7.01. The molecule has 0 bridgehead atoms. The number of hydrogen-bond donors (Lipinski definition) is 1. The largest absolute Gasteiger partial charge is 0.481 e. The van der Waals surface area contributed by atoms with Crippen LogP contribution in [0.1, 0.15) is 19.3 Å². The van der Waals surface area contributed by atoms with E-state index in [9.17, 15) is 9.59 Å². The summed E-state index contributed by atoms with van der Waals surface area (Å²) in [6.07, 6.45) is 4.98. The molecule has 1 fully saturated rings. The van der Waals surface area contributed by atoms with E-state index in [1.165, 1.54) is 0 Å². The minimum atomic E-state index is -0.763. The van der Waals surface area contributed by atoms with Crippen LogP contribution >= 0.6 is 0 Å². The summed E-state index contributed by atoms with van der Waals surface area (Å²) in [4.78, 5) is 34.6. The molecule has 1 saturated heterocycles. The van der Waals surface area contributed by atoms with Crippen LogP contribution in [0.2, 0.25) is 0 Å². The third-order valence-electron chi connectivity index (χ3n) is 3.70. The number of carbonyl (C=O) groups excluding carboxylic acids is 1. The Kier molecular flexibility index (Phi) is 5.08. The lowest BCUT2D eigenvalue weighted by Crippen LogP contribution is -2.44. The first-order chi connectivity index (χ1) is 10.1. The molecule has 0 unspecified atom stereocenters. The normalized spacial score (nSPS) is 15.8. The van der Waals surface area contributed by atoms with E-state index in [1.807, 2.05) is 0 Å². The summed E-state index contributed by atoms with van der Waals surface area (Å²) in [6, 6.07) is 1.73. The van der Waals surface area contributed by atoms with Crippen molar-refractivity contribution < 1.29 is 14.7 Å². The Morgan fingerprint density at radius 1 is 1.33 bits per heavy atom. The van der Waals surface area contributed by atoms with Crippen LogP contribution in [0.25, 0.3) is 0 Å². The van der Waals surface area contributed by atoms with E-state index in [4.69, 9.17) is 5.11 Å². The van der Waals surface area contributed by atoms with Crippen molar-refractivity contribution in [2.45, 2.75) is 19.3 Å². The Labute approximate surface area is 123 Å². The molecule has 2 heterocycles. The van der Waals surface area contributed by atoms with Gasteiger partial charge in [0.05, 0.1) is 6.54 Å². The molecule has 0 spiro atoms. The topological polar surface area (TPSA) is 86.6 Å². The molecule has 7 heteroatoms. The number of amides is 1. The van der Waals surface area contributed by atoms with E-state index >= 15 is 0 Å². The molecule has 1 aliphatic rings. The Morgan fingerprint density at radius 2 is 1.95 bits per heavy atom. The number of likely N-dealkylation sites (N-methyl/N-ethyl adjacent to an activating group) is 1. The summed E-state index contributed by atoms with van der Waals surface area (Å²) < 4.78 is 0. The quantitative estimate of drug-likeness (QED) is 0.856. The number of carboxylic acid groups (broad SMARTS) is 1. The summed E-state index contributed by atoms with van der Waals surface area (Å²) >= 11 is 0. The monoisotopic (exact) mass is 292 g/mol. The van der Waals surface area contributed by atoms with Crippen molar-refractivity contribution in [1.82, 2.24) is 14.9 Å². The molecule has 1 N–H and O–H groups in total. The maximum absolute atomic E-state index is 12.2. The van der Waals surface area contributed by atoms with Gasteiger partial charge in [0.2, 0.25) is 11.9 Å². The Balaban J connectivity index is 1.81. The van der Waals surface area contributed by atoms with Gasteiger partial charge in [-0.1, -0.05) is 0 Å². The zero-order chi connectivity index (χ0) is 15.2. The number of aromatic nitrogens is 2. The summed E-state index contributed by atoms with van der Waals surface area (Å²) in [5.74, 6) is -0.0344. The average molecular weight is 292 g/mol. The molecule has 0 atom stereocenters. The molecule has 1 amide bonds. The Morgan fingerprint density at radius 3 is 2.52 bits per heavy atom. The van der Waals surface area contributed by atoms with Gasteiger partial charge in [-0.05, 0) is 24.8 Å². The molecule has 7 nitrogen and oxygen atoms in total. The highest BCUT2D eigenvalue weighted by molar-refractivity contribution is 5.80. The maximum atomic E-state index is 12.2. The van der Waals surface area contributed by atoms with Gasteiger partial charge in [-0.25, -0.2) is 9.97 Å². The van der Waals surface area contributed by atoms with Crippen LogP contribution in [0.4, 0.5) is 5.95 Å². The lowest BCUT2D eigenvalue weighted by atomic mass is 9.93. The molecule has 0 radical (unpaired) electrons. The van der Waals surface area contributed by atoms with Gasteiger partial charge in [0.15, 0.2) is 0 Å². The smallest absolute Gasteiger partial charge is 0.303 e. The van der Waals surface area contributed by atoms with E-state index in [-0.39, 0.29) is 24.8 Å². The predicted octanol–water partition coefficient (Wildman–Crippen LogP) is 0.626. The van der Waals surface area contributed by atoms with Crippen molar-refractivity contribution in [2.24, 2.45) is 5.92 Å². The van der Waals surface area contributed by atoms with E-state index in [0.29, 0.717) is 19.0 Å². The van der Waals surface area contributed by atoms with E-state index < -0.39 is 5.97 Å². The number of likely N-dealkylation sites (tertiary alicyclic amines) is 1. The number of carboxylic acids is 1. The molecular formula is C14H20N4O3. The molecule has 0 aromatic carbocycles. The fourth-order valence-corrected chi connectivity index (χ4v) is 2.50. The van der Waals surface area contributed by atoms with Crippen molar-refractivity contribution in [3.63, 3.8) is 0 Å². The van der Waals surface area contributed by atoms with Crippen LogP contribution in [0.15, 0.2) is 18.5 Å². The van der Waals surface area contributed by atoms with Crippen LogP contribution in [0, 0.1) is 5.92 Å². The highest BCUT2D eigenvalue weighted by atomic mass is 16.4. The highest BCUT2D eigenvalue weighted by Crippen LogP contribution is 2.20. The summed E-state index contributed by atoms with van der Waals surface area (Å²) in [6.45, 7) is 1.48. The van der Waals surface area contributed by atoms with E-state index in [0.717, 1.165) is 12.8 Å². The lowest BCUT2D eigenvalue weighted by molar-refractivity contribution is -0.138. The molecule has 114 valence electrons. The van der Waals surface area contributed by atoms with Gasteiger partial charge in [-0.2, -0.15) is 0 Å². The fourth-order valence-electron chi connectivity index (χ4n) is 2.50. The van der Waals surface area contributed by atoms with Gasteiger partial charge in [0, 0.05) is 39.0 Å². The molecular weight excluding hydrogens is 272 g/mol. The highest BCUT2D eigenvalue weighted by Gasteiger charge is 2.25. The second-order valence-electron chi connectivity index (χ2n) is 5.33. The van der Waals surface area contributed by atoms with Gasteiger partial charge in [0.1, 0.15) is 0 Å². The first-order valence-electron chi connectivity index (χ1n) is 7.04. The predicted molar refractivity (Wildman–Crippen MR) is 76.9 cm³/mol. The van der Waals surface area contributed by atoms with Crippen molar-refractivity contribution in [3.8, 4) is 0 Å². The third-order valence-corrected chi connectivity index (χ3v) is 3.70. The molecule has 0 aliphatic carbocycles. The van der Waals surface area contributed by atoms with Gasteiger partial charge >= 0.3 is 5.97 Å². The molecule has 2 rings (SSSR count). The molecule has 1 aromatic heterocycles. The minimum Gasteiger partial charge on any atom is -0.481 e. The second-order valence-corrected chi connectivity index (χ2v) is 5.33. The number of aliphatic carboxylic acids is 1. The lowest BCUT2D eigenvalue weighted by Gasteiger charge is -2.32. The minimum absolute atomic E-state index is 0.0266. The first kappa shape index (κ1) is 15.2. The number of rotatable bonds is 5. The zero-order valence-electron chi connectivity index (χ0n) is 12.1. The average Bonchev–Trinajstić information content (AvgIpc) is 2.48. The number of nitrogens with zero attached hydrogens (tertiary/aromatic N) is 4. The van der Waals surface area contributed by atoms with Crippen LogP contribution in [0.5, 0.6) is 0 Å². The van der Waals surface area contributed by atoms with Crippen LogP contribution in [-0.4, -0.2) is 58.5 Å². The summed E-state index contributed by atoms with van der Waals surface area (Å²) in [5, 5.41) is 8.78. The molecule has 21 heavy (non-hydrogen) atoms. The van der Waals surface area contributed by atoms with Crippen molar-refractivity contribution in [1.29, 1.82) is 0 Å². The SMILES string of the molecule is CN(CC(=O)N1CCC(CC(=O)O)CC1)c1ncccn1. The van der Waals surface area contributed by atoms with Gasteiger partial charge in [0.25, 0.3) is 0 Å². The number of piperidine rings is 1. The third kappa shape index (κ3) is 4.40. The molecule has 1 aliphatic heterocycles. The van der Waals surface area contributed by atoms with E-state index in [1.54, 1.807) is 35.3 Å². The van der Waals surface area contributed by atoms with E-state index in [2.05, 4.69) is 9.97 Å². The summed E-state index contributed by atoms with van der Waals surface area (Å²) in [5.41, 5.74) is 0. The number of anilines is 1. The standard InChI is InChI=1S/C14H20N4O3/c1-17(14-15-5-2-6-16-14)10-12(19)18-7-3-11(4-8-18)9-13(20)21/h2,5-6,11H,3-4,7-10H2,1H3,(H,20,21). The fraction of sp³-hybridized carbons (Fsp3) is 0.571. The molecule has 1 aromatic rings. The Hall–Kier alpha value is -2.18. The van der Waals surface area contributed by atoms with Crippen molar-refractivity contribution >= 4 is 17.8 Å². The van der Waals surface area contributed by atoms with Gasteiger partial charge in [-0.3, -0.25) is 9.59 Å². The Bertz CT molecular complexity index is 486. The van der Waals surface area contributed by atoms with Gasteiger partial charge < -0.3 is 14.9 Å². The van der Waals surface area contributed by atoms with Crippen LogP contribution < -0.4 is 4.90 Å². The first-order valence-corrected chi connectivity index (χ1v) is 7.04. The molecule has 0 saturated carbocycles. The van der Waals surface area contributed by atoms with Crippen molar-refractivity contribution in [2.75, 3.05) is 31.6 Å². The number of hydrogen-bond acceptors (Lipinski definition) is 5.